The number of carbonyl (C=O) groups excluding carboxylic acids is 1. The van der Waals surface area contributed by atoms with Gasteiger partial charge in [-0.25, -0.2) is 8.78 Å². The molecular weight excluding hydrogens is 326 g/mol. The van der Waals surface area contributed by atoms with Crippen LogP contribution >= 0.6 is 0 Å². The van der Waals surface area contributed by atoms with Crippen LogP contribution in [0.1, 0.15) is 10.4 Å². The van der Waals surface area contributed by atoms with E-state index >= 15 is 0 Å². The second-order valence-electron chi connectivity index (χ2n) is 5.23. The molecule has 3 rings (SSSR count). The number of hydrogen-bond donors (Lipinski definition) is 1. The number of ether oxygens (including phenoxy) is 1. The van der Waals surface area contributed by atoms with Crippen molar-refractivity contribution >= 4 is 11.6 Å². The van der Waals surface area contributed by atoms with Gasteiger partial charge in [0.25, 0.3) is 5.91 Å². The molecule has 0 atom stereocenters. The zero-order valence-corrected chi connectivity index (χ0v) is 13.3. The first-order valence-electron chi connectivity index (χ1n) is 7.43. The fourth-order valence-electron chi connectivity index (χ4n) is 2.40. The summed E-state index contributed by atoms with van der Waals surface area (Å²) in [5.41, 5.74) is 1.38. The molecular formula is C19H14F2N2O2. The summed E-state index contributed by atoms with van der Waals surface area (Å²) in [6.45, 7) is 0. The predicted molar refractivity (Wildman–Crippen MR) is 90.5 cm³/mol. The predicted octanol–water partition coefficient (Wildman–Crippen LogP) is 4.29. The van der Waals surface area contributed by atoms with Crippen LogP contribution in [0, 0.1) is 11.6 Å². The molecule has 1 aromatic heterocycles. The number of carbonyl (C=O) groups is 1. The van der Waals surface area contributed by atoms with Crippen LogP contribution in [0.25, 0.3) is 11.1 Å². The standard InChI is InChI=1S/C19H14F2N2O2/c1-25-14-5-6-16(17(21)10-14)19(24)23-18-11-22-8-7-15(18)12-3-2-4-13(20)9-12/h2-11H,1H3,(H,23,24). The van der Waals surface area contributed by atoms with Crippen molar-refractivity contribution in [3.63, 3.8) is 0 Å². The highest BCUT2D eigenvalue weighted by atomic mass is 19.1. The first kappa shape index (κ1) is 16.6. The Morgan fingerprint density at radius 3 is 2.68 bits per heavy atom. The van der Waals surface area contributed by atoms with Crippen molar-refractivity contribution in [3.05, 3.63) is 78.1 Å². The first-order chi connectivity index (χ1) is 12.1. The van der Waals surface area contributed by atoms with Crippen molar-refractivity contribution in [1.29, 1.82) is 0 Å². The lowest BCUT2D eigenvalue weighted by Gasteiger charge is -2.11. The van der Waals surface area contributed by atoms with E-state index in [4.69, 9.17) is 4.74 Å². The molecule has 126 valence electrons. The maximum absolute atomic E-state index is 14.1. The van der Waals surface area contributed by atoms with E-state index in [1.165, 1.54) is 43.8 Å². The Labute approximate surface area is 143 Å². The van der Waals surface area contributed by atoms with Crippen molar-refractivity contribution in [1.82, 2.24) is 4.98 Å². The van der Waals surface area contributed by atoms with Crippen molar-refractivity contribution in [2.24, 2.45) is 0 Å². The summed E-state index contributed by atoms with van der Waals surface area (Å²) >= 11 is 0. The van der Waals surface area contributed by atoms with E-state index in [0.29, 0.717) is 22.6 Å². The average Bonchev–Trinajstić information content (AvgIpc) is 2.62. The Hall–Kier alpha value is -3.28. The maximum Gasteiger partial charge on any atom is 0.258 e. The second-order valence-corrected chi connectivity index (χ2v) is 5.23. The van der Waals surface area contributed by atoms with E-state index in [1.54, 1.807) is 18.2 Å². The molecule has 1 amide bonds. The molecule has 0 fully saturated rings. The molecule has 0 spiro atoms. The molecule has 25 heavy (non-hydrogen) atoms. The number of aromatic nitrogens is 1. The minimum Gasteiger partial charge on any atom is -0.497 e. The van der Waals surface area contributed by atoms with Crippen molar-refractivity contribution in [2.45, 2.75) is 0 Å². The lowest BCUT2D eigenvalue weighted by molar-refractivity contribution is 0.102. The Balaban J connectivity index is 1.92. The Morgan fingerprint density at radius 2 is 1.96 bits per heavy atom. The minimum atomic E-state index is -0.701. The molecule has 6 heteroatoms. The lowest BCUT2D eigenvalue weighted by Crippen LogP contribution is -2.14. The number of nitrogens with one attached hydrogen (secondary N) is 1. The van der Waals surface area contributed by atoms with Gasteiger partial charge < -0.3 is 10.1 Å². The van der Waals surface area contributed by atoms with Crippen LogP contribution in [-0.4, -0.2) is 18.0 Å². The van der Waals surface area contributed by atoms with Crippen LogP contribution in [0.5, 0.6) is 5.75 Å². The number of methoxy groups -OCH3 is 1. The zero-order valence-electron chi connectivity index (χ0n) is 13.3. The first-order valence-corrected chi connectivity index (χ1v) is 7.43. The van der Waals surface area contributed by atoms with E-state index in [-0.39, 0.29) is 5.56 Å². The zero-order chi connectivity index (χ0) is 17.8. The number of rotatable bonds is 4. The van der Waals surface area contributed by atoms with Crippen LogP contribution in [0.2, 0.25) is 0 Å². The molecule has 0 unspecified atom stereocenters. The number of pyridine rings is 1. The average molecular weight is 340 g/mol. The molecule has 1 N–H and O–H groups in total. The molecule has 0 saturated heterocycles. The van der Waals surface area contributed by atoms with Crippen LogP contribution in [0.15, 0.2) is 60.9 Å². The molecule has 0 saturated carbocycles. The quantitative estimate of drug-likeness (QED) is 0.771. The largest absolute Gasteiger partial charge is 0.497 e. The minimum absolute atomic E-state index is 0.130. The SMILES string of the molecule is COc1ccc(C(=O)Nc2cnccc2-c2cccc(F)c2)c(F)c1. The van der Waals surface area contributed by atoms with E-state index in [9.17, 15) is 13.6 Å². The van der Waals surface area contributed by atoms with Gasteiger partial charge in [0.1, 0.15) is 17.4 Å². The van der Waals surface area contributed by atoms with Gasteiger partial charge in [0, 0.05) is 17.8 Å². The Kier molecular flexibility index (Phi) is 4.70. The molecule has 4 nitrogen and oxygen atoms in total. The van der Waals surface area contributed by atoms with Crippen LogP contribution < -0.4 is 10.1 Å². The molecule has 0 aliphatic carbocycles. The third-order valence-corrected chi connectivity index (χ3v) is 3.63. The fraction of sp³-hybridized carbons (Fsp3) is 0.0526. The number of benzene rings is 2. The molecule has 0 aliphatic heterocycles. The highest BCUT2D eigenvalue weighted by Crippen LogP contribution is 2.28. The van der Waals surface area contributed by atoms with E-state index in [2.05, 4.69) is 10.3 Å². The monoisotopic (exact) mass is 340 g/mol. The summed E-state index contributed by atoms with van der Waals surface area (Å²) in [6, 6.07) is 11.6. The number of anilines is 1. The summed E-state index contributed by atoms with van der Waals surface area (Å²) in [6.07, 6.45) is 2.96. The molecule has 0 aliphatic rings. The highest BCUT2D eigenvalue weighted by molar-refractivity contribution is 6.06. The van der Waals surface area contributed by atoms with E-state index in [0.717, 1.165) is 6.07 Å². The van der Waals surface area contributed by atoms with E-state index < -0.39 is 17.5 Å². The molecule has 0 radical (unpaired) electrons. The van der Waals surface area contributed by atoms with Gasteiger partial charge in [-0.05, 0) is 35.9 Å². The number of hydrogen-bond acceptors (Lipinski definition) is 3. The van der Waals surface area contributed by atoms with Gasteiger partial charge in [-0.1, -0.05) is 12.1 Å². The summed E-state index contributed by atoms with van der Waals surface area (Å²) < 4.78 is 32.5. The Morgan fingerprint density at radius 1 is 1.12 bits per heavy atom. The summed E-state index contributed by atoms with van der Waals surface area (Å²) in [4.78, 5) is 16.4. The highest BCUT2D eigenvalue weighted by Gasteiger charge is 2.15. The van der Waals surface area contributed by atoms with Crippen molar-refractivity contribution < 1.29 is 18.3 Å². The van der Waals surface area contributed by atoms with Gasteiger partial charge in [0.2, 0.25) is 0 Å². The van der Waals surface area contributed by atoms with Gasteiger partial charge >= 0.3 is 0 Å². The lowest BCUT2D eigenvalue weighted by atomic mass is 10.0. The smallest absolute Gasteiger partial charge is 0.258 e. The normalized spacial score (nSPS) is 10.4. The van der Waals surface area contributed by atoms with Gasteiger partial charge in [-0.2, -0.15) is 0 Å². The third-order valence-electron chi connectivity index (χ3n) is 3.63. The summed E-state index contributed by atoms with van der Waals surface area (Å²) in [5, 5.41) is 2.62. The second kappa shape index (κ2) is 7.09. The number of halogens is 2. The maximum atomic E-state index is 14.1. The van der Waals surface area contributed by atoms with Crippen LogP contribution in [0.4, 0.5) is 14.5 Å². The van der Waals surface area contributed by atoms with Gasteiger partial charge in [0.15, 0.2) is 0 Å². The van der Waals surface area contributed by atoms with Gasteiger partial charge in [-0.15, -0.1) is 0 Å². The molecule has 3 aromatic rings. The fourth-order valence-corrected chi connectivity index (χ4v) is 2.40. The molecule has 2 aromatic carbocycles. The number of nitrogens with zero attached hydrogens (tertiary/aromatic N) is 1. The van der Waals surface area contributed by atoms with Gasteiger partial charge in [-0.3, -0.25) is 9.78 Å². The van der Waals surface area contributed by atoms with Crippen LogP contribution in [-0.2, 0) is 0 Å². The van der Waals surface area contributed by atoms with Crippen molar-refractivity contribution in [3.8, 4) is 16.9 Å². The summed E-state index contributed by atoms with van der Waals surface area (Å²) in [7, 11) is 1.41. The van der Waals surface area contributed by atoms with Crippen molar-refractivity contribution in [2.75, 3.05) is 12.4 Å². The summed E-state index contributed by atoms with van der Waals surface area (Å²) in [5.74, 6) is -1.41. The Bertz CT molecular complexity index is 929. The molecule has 0 bridgehead atoms. The topological polar surface area (TPSA) is 51.2 Å². The van der Waals surface area contributed by atoms with E-state index in [1.807, 2.05) is 0 Å². The third kappa shape index (κ3) is 3.63. The van der Waals surface area contributed by atoms with Gasteiger partial charge in [0.05, 0.1) is 24.6 Å². The molecule has 1 heterocycles. The van der Waals surface area contributed by atoms with Crippen LogP contribution in [0.3, 0.4) is 0 Å². The number of amides is 1.